The van der Waals surface area contributed by atoms with Crippen molar-refractivity contribution in [2.45, 2.75) is 45.3 Å². The second-order valence-electron chi connectivity index (χ2n) is 11.1. The number of methoxy groups -OCH3 is 3. The summed E-state index contributed by atoms with van der Waals surface area (Å²) in [6.07, 6.45) is 1.24. The molecule has 3 aromatic rings. The molecule has 3 rings (SSSR count). The van der Waals surface area contributed by atoms with Crippen molar-refractivity contribution in [1.82, 2.24) is 10.2 Å². The van der Waals surface area contributed by atoms with Crippen LogP contribution in [0.5, 0.6) is 17.2 Å². The highest BCUT2D eigenvalue weighted by Crippen LogP contribution is 2.32. The Hall–Kier alpha value is -4.25. The minimum atomic E-state index is -3.94. The third-order valence-electron chi connectivity index (χ3n) is 6.59. The number of rotatable bonds is 13. The van der Waals surface area contributed by atoms with E-state index in [9.17, 15) is 18.0 Å². The first kappa shape index (κ1) is 33.3. The lowest BCUT2D eigenvalue weighted by atomic mass is 10.0. The van der Waals surface area contributed by atoms with Gasteiger partial charge in [-0.05, 0) is 56.2 Å². The number of amides is 2. The number of benzene rings is 3. The molecule has 43 heavy (non-hydrogen) atoms. The molecule has 1 atom stereocenters. The van der Waals surface area contributed by atoms with Crippen LogP contribution in [0.4, 0.5) is 5.69 Å². The second-order valence-corrected chi connectivity index (χ2v) is 13.0. The molecule has 232 valence electrons. The van der Waals surface area contributed by atoms with Crippen LogP contribution < -0.4 is 23.8 Å². The summed E-state index contributed by atoms with van der Waals surface area (Å²) < 4.78 is 43.2. The van der Waals surface area contributed by atoms with Gasteiger partial charge in [0.25, 0.3) is 0 Å². The number of hydrogen-bond acceptors (Lipinski definition) is 7. The average molecular weight is 612 g/mol. The van der Waals surface area contributed by atoms with Gasteiger partial charge in [-0.15, -0.1) is 0 Å². The molecule has 0 radical (unpaired) electrons. The van der Waals surface area contributed by atoms with Crippen molar-refractivity contribution < 1.29 is 32.2 Å². The molecule has 2 amide bonds. The van der Waals surface area contributed by atoms with E-state index in [-0.39, 0.29) is 24.6 Å². The number of anilines is 1. The summed E-state index contributed by atoms with van der Waals surface area (Å²) in [7, 11) is 0.520. The molecule has 0 saturated carbocycles. The molecule has 0 aliphatic carbocycles. The number of carbonyl (C=O) groups is 2. The Bertz CT molecular complexity index is 1500. The Morgan fingerprint density at radius 2 is 1.49 bits per heavy atom. The Morgan fingerprint density at radius 1 is 0.837 bits per heavy atom. The minimum Gasteiger partial charge on any atom is -0.497 e. The zero-order valence-electron chi connectivity index (χ0n) is 25.8. The summed E-state index contributed by atoms with van der Waals surface area (Å²) in [5.41, 5.74) is 1.20. The third-order valence-corrected chi connectivity index (χ3v) is 7.73. The highest BCUT2D eigenvalue weighted by molar-refractivity contribution is 7.92. The van der Waals surface area contributed by atoms with Gasteiger partial charge in [0, 0.05) is 24.6 Å². The molecule has 0 bridgehead atoms. The predicted molar refractivity (Wildman–Crippen MR) is 167 cm³/mol. The molecule has 1 N–H and O–H groups in total. The standard InChI is InChI=1S/C32H41N3O7S/c1-32(2,3)33-31(37)27(19-23-12-9-8-10-13-23)34(21-24-14-11-15-26(18-24)40-4)30(36)22-35(43(7,38)39)25-16-17-28(41-5)29(20-25)42-6/h8-18,20,27H,19,21-22H2,1-7H3,(H,33,37). The van der Waals surface area contributed by atoms with E-state index in [1.165, 1.54) is 31.3 Å². The maximum absolute atomic E-state index is 14.3. The minimum absolute atomic E-state index is 0.0363. The molecule has 11 heteroatoms. The number of sulfonamides is 1. The summed E-state index contributed by atoms with van der Waals surface area (Å²) in [4.78, 5) is 29.5. The topological polar surface area (TPSA) is 114 Å². The van der Waals surface area contributed by atoms with Crippen LogP contribution in [0, 0.1) is 0 Å². The lowest BCUT2D eigenvalue weighted by molar-refractivity contribution is -0.140. The number of carbonyl (C=O) groups excluding carboxylic acids is 2. The Kier molecular flexibility index (Phi) is 11.0. The molecule has 0 fully saturated rings. The molecule has 10 nitrogen and oxygen atoms in total. The molecule has 0 spiro atoms. The van der Waals surface area contributed by atoms with Gasteiger partial charge in [0.15, 0.2) is 11.5 Å². The monoisotopic (exact) mass is 611 g/mol. The summed E-state index contributed by atoms with van der Waals surface area (Å²) in [5.74, 6) is 0.387. The van der Waals surface area contributed by atoms with E-state index in [1.54, 1.807) is 31.4 Å². The highest BCUT2D eigenvalue weighted by atomic mass is 32.2. The first-order valence-electron chi connectivity index (χ1n) is 13.7. The van der Waals surface area contributed by atoms with Crippen LogP contribution in [-0.4, -0.2) is 70.8 Å². The largest absolute Gasteiger partial charge is 0.497 e. The predicted octanol–water partition coefficient (Wildman–Crippen LogP) is 4.03. The van der Waals surface area contributed by atoms with Crippen LogP contribution in [0.25, 0.3) is 0 Å². The zero-order valence-corrected chi connectivity index (χ0v) is 26.6. The van der Waals surface area contributed by atoms with Crippen LogP contribution in [-0.2, 0) is 32.6 Å². The van der Waals surface area contributed by atoms with Gasteiger partial charge in [-0.25, -0.2) is 8.42 Å². The van der Waals surface area contributed by atoms with E-state index in [0.29, 0.717) is 22.8 Å². The summed E-state index contributed by atoms with van der Waals surface area (Å²) in [5, 5.41) is 3.01. The first-order chi connectivity index (χ1) is 20.2. The van der Waals surface area contributed by atoms with Crippen LogP contribution in [0.3, 0.4) is 0 Å². The Morgan fingerprint density at radius 3 is 2.07 bits per heavy atom. The van der Waals surface area contributed by atoms with Crippen molar-refractivity contribution in [3.05, 3.63) is 83.9 Å². The van der Waals surface area contributed by atoms with E-state index in [1.807, 2.05) is 57.2 Å². The number of hydrogen-bond donors (Lipinski definition) is 1. The second kappa shape index (κ2) is 14.3. The number of nitrogens with zero attached hydrogens (tertiary/aromatic N) is 2. The van der Waals surface area contributed by atoms with Crippen molar-refractivity contribution in [1.29, 1.82) is 0 Å². The Labute approximate surface area is 254 Å². The summed E-state index contributed by atoms with van der Waals surface area (Å²) in [6, 6.07) is 20.2. The Balaban J connectivity index is 2.11. The molecule has 0 aliphatic rings. The van der Waals surface area contributed by atoms with Gasteiger partial charge in [-0.2, -0.15) is 0 Å². The average Bonchev–Trinajstić information content (AvgIpc) is 2.96. The van der Waals surface area contributed by atoms with Crippen LogP contribution in [0.15, 0.2) is 72.8 Å². The SMILES string of the molecule is COc1cccc(CN(C(=O)CN(c2ccc(OC)c(OC)c2)S(C)(=O)=O)C(Cc2ccccc2)C(=O)NC(C)(C)C)c1. The third kappa shape index (κ3) is 9.37. The van der Waals surface area contributed by atoms with Crippen molar-refractivity contribution in [2.24, 2.45) is 0 Å². The maximum Gasteiger partial charge on any atom is 0.244 e. The van der Waals surface area contributed by atoms with E-state index in [0.717, 1.165) is 16.1 Å². The van der Waals surface area contributed by atoms with Gasteiger partial charge in [-0.3, -0.25) is 13.9 Å². The summed E-state index contributed by atoms with van der Waals surface area (Å²) in [6.45, 7) is 5.07. The van der Waals surface area contributed by atoms with Gasteiger partial charge in [-0.1, -0.05) is 42.5 Å². The molecule has 0 aliphatic heterocycles. The zero-order chi connectivity index (χ0) is 31.8. The quantitative estimate of drug-likeness (QED) is 0.310. The first-order valence-corrected chi connectivity index (χ1v) is 15.6. The van der Waals surface area contributed by atoms with Crippen molar-refractivity contribution in [2.75, 3.05) is 38.4 Å². The van der Waals surface area contributed by atoms with E-state index in [2.05, 4.69) is 5.32 Å². The van der Waals surface area contributed by atoms with Gasteiger partial charge in [0.2, 0.25) is 21.8 Å². The van der Waals surface area contributed by atoms with Gasteiger partial charge < -0.3 is 24.4 Å². The molecular weight excluding hydrogens is 570 g/mol. The molecular formula is C32H41N3O7S. The normalized spacial score (nSPS) is 12.2. The number of nitrogens with one attached hydrogen (secondary N) is 1. The summed E-state index contributed by atoms with van der Waals surface area (Å²) >= 11 is 0. The fourth-order valence-corrected chi connectivity index (χ4v) is 5.41. The lowest BCUT2D eigenvalue weighted by Crippen LogP contribution is -2.56. The van der Waals surface area contributed by atoms with Crippen molar-refractivity contribution in [3.63, 3.8) is 0 Å². The highest BCUT2D eigenvalue weighted by Gasteiger charge is 2.34. The van der Waals surface area contributed by atoms with E-state index in [4.69, 9.17) is 14.2 Å². The van der Waals surface area contributed by atoms with Crippen LogP contribution >= 0.6 is 0 Å². The molecule has 1 unspecified atom stereocenters. The van der Waals surface area contributed by atoms with Gasteiger partial charge >= 0.3 is 0 Å². The van der Waals surface area contributed by atoms with Crippen LogP contribution in [0.1, 0.15) is 31.9 Å². The molecule has 0 saturated heterocycles. The molecule has 0 heterocycles. The number of ether oxygens (including phenoxy) is 3. The van der Waals surface area contributed by atoms with Gasteiger partial charge in [0.1, 0.15) is 18.3 Å². The van der Waals surface area contributed by atoms with E-state index < -0.39 is 34.1 Å². The molecule has 0 aromatic heterocycles. The van der Waals surface area contributed by atoms with Gasteiger partial charge in [0.05, 0.1) is 33.3 Å². The fourth-order valence-electron chi connectivity index (χ4n) is 4.57. The lowest BCUT2D eigenvalue weighted by Gasteiger charge is -2.35. The smallest absolute Gasteiger partial charge is 0.244 e. The molecule has 3 aromatic carbocycles. The van der Waals surface area contributed by atoms with E-state index >= 15 is 0 Å². The maximum atomic E-state index is 14.3. The van der Waals surface area contributed by atoms with Crippen LogP contribution in [0.2, 0.25) is 0 Å². The fraction of sp³-hybridized carbons (Fsp3) is 0.375. The van der Waals surface area contributed by atoms with Crippen molar-refractivity contribution >= 4 is 27.5 Å². The van der Waals surface area contributed by atoms with Crippen molar-refractivity contribution in [3.8, 4) is 17.2 Å².